The average molecular weight is 303 g/mol. The number of hydrogen-bond acceptors (Lipinski definition) is 6. The molecule has 1 aliphatic heterocycles. The van der Waals surface area contributed by atoms with E-state index in [0.717, 1.165) is 23.7 Å². The molecule has 1 aromatic heterocycles. The van der Waals surface area contributed by atoms with Crippen LogP contribution in [0.4, 0.5) is 5.69 Å². The number of amides is 1. The zero-order valence-corrected chi connectivity index (χ0v) is 12.7. The lowest BCUT2D eigenvalue weighted by Gasteiger charge is -2.23. The van der Waals surface area contributed by atoms with Gasteiger partial charge in [-0.2, -0.15) is 11.8 Å². The highest BCUT2D eigenvalue weighted by atomic mass is 32.2. The molecule has 4 nitrogen and oxygen atoms in total. The van der Waals surface area contributed by atoms with Crippen LogP contribution < -0.4 is 11.1 Å². The summed E-state index contributed by atoms with van der Waals surface area (Å²) < 4.78 is 3.61. The van der Waals surface area contributed by atoms with E-state index in [-0.39, 0.29) is 12.5 Å². The molecule has 0 aliphatic carbocycles. The molecule has 1 aromatic rings. The van der Waals surface area contributed by atoms with E-state index in [1.807, 2.05) is 24.8 Å². The van der Waals surface area contributed by atoms with Gasteiger partial charge in [0.25, 0.3) is 0 Å². The fourth-order valence-corrected chi connectivity index (χ4v) is 5.05. The zero-order chi connectivity index (χ0) is 13.0. The number of rotatable bonds is 4. The number of thiophene rings is 1. The summed E-state index contributed by atoms with van der Waals surface area (Å²) in [6, 6.07) is 2.04. The number of anilines is 1. The molecule has 1 aliphatic rings. The average Bonchev–Trinajstić information content (AvgIpc) is 2.70. The van der Waals surface area contributed by atoms with Crippen molar-refractivity contribution in [2.24, 2.45) is 5.73 Å². The van der Waals surface area contributed by atoms with Gasteiger partial charge in [0.15, 0.2) is 0 Å². The normalized spacial score (nSPS) is 16.8. The SMILES string of the molecule is Cc1sc(SN2CCSCC2)cc1NC(=O)CN. The monoisotopic (exact) mass is 303 g/mol. The Balaban J connectivity index is 1.97. The Morgan fingerprint density at radius 2 is 2.28 bits per heavy atom. The number of carbonyl (C=O) groups is 1. The maximum atomic E-state index is 11.3. The third-order valence-electron chi connectivity index (χ3n) is 2.54. The van der Waals surface area contributed by atoms with Crippen molar-refractivity contribution in [2.75, 3.05) is 36.5 Å². The molecule has 0 radical (unpaired) electrons. The minimum atomic E-state index is -0.137. The zero-order valence-electron chi connectivity index (χ0n) is 10.3. The first-order valence-corrected chi connectivity index (χ1v) is 8.54. The first-order chi connectivity index (χ1) is 8.69. The second-order valence-electron chi connectivity index (χ2n) is 3.92. The van der Waals surface area contributed by atoms with Crippen molar-refractivity contribution in [3.63, 3.8) is 0 Å². The third-order valence-corrected chi connectivity index (χ3v) is 5.73. The highest BCUT2D eigenvalue weighted by Crippen LogP contribution is 2.36. The molecule has 2 heterocycles. The predicted octanol–water partition coefficient (Wildman–Crippen LogP) is 2.01. The lowest BCUT2D eigenvalue weighted by atomic mass is 10.4. The van der Waals surface area contributed by atoms with Gasteiger partial charge in [-0.3, -0.25) is 4.79 Å². The Morgan fingerprint density at radius 3 is 2.94 bits per heavy atom. The first-order valence-electron chi connectivity index (χ1n) is 5.80. The van der Waals surface area contributed by atoms with E-state index in [9.17, 15) is 4.79 Å². The lowest BCUT2D eigenvalue weighted by molar-refractivity contribution is -0.114. The second-order valence-corrected chi connectivity index (χ2v) is 7.80. The van der Waals surface area contributed by atoms with E-state index in [0.29, 0.717) is 0 Å². The summed E-state index contributed by atoms with van der Waals surface area (Å²) in [4.78, 5) is 12.4. The number of nitrogens with one attached hydrogen (secondary N) is 1. The van der Waals surface area contributed by atoms with Crippen LogP contribution in [0.2, 0.25) is 0 Å². The van der Waals surface area contributed by atoms with Crippen LogP contribution in [-0.4, -0.2) is 41.4 Å². The van der Waals surface area contributed by atoms with Crippen LogP contribution >= 0.6 is 35.0 Å². The highest BCUT2D eigenvalue weighted by molar-refractivity contribution is 8.00. The van der Waals surface area contributed by atoms with Crippen LogP contribution in [0, 0.1) is 6.92 Å². The molecule has 1 fully saturated rings. The summed E-state index contributed by atoms with van der Waals surface area (Å²) in [5.41, 5.74) is 6.19. The van der Waals surface area contributed by atoms with Gasteiger partial charge in [0.1, 0.15) is 0 Å². The molecular formula is C11H17N3OS3. The Kier molecular flexibility index (Phi) is 5.38. The van der Waals surface area contributed by atoms with Crippen molar-refractivity contribution in [3.8, 4) is 0 Å². The summed E-state index contributed by atoms with van der Waals surface area (Å²) in [6.45, 7) is 4.29. The number of carbonyl (C=O) groups excluding carboxylic acids is 1. The minimum Gasteiger partial charge on any atom is -0.324 e. The van der Waals surface area contributed by atoms with Gasteiger partial charge in [0.05, 0.1) is 16.4 Å². The van der Waals surface area contributed by atoms with Crippen molar-refractivity contribution < 1.29 is 4.79 Å². The molecule has 1 amide bonds. The summed E-state index contributed by atoms with van der Waals surface area (Å²) in [5.74, 6) is 2.27. The third kappa shape index (κ3) is 3.89. The Labute approximate surface area is 120 Å². The van der Waals surface area contributed by atoms with Crippen LogP contribution in [0.5, 0.6) is 0 Å². The number of nitrogens with zero attached hydrogens (tertiary/aromatic N) is 1. The number of hydrogen-bond donors (Lipinski definition) is 2. The van der Waals surface area contributed by atoms with Crippen molar-refractivity contribution in [1.29, 1.82) is 0 Å². The molecule has 0 aromatic carbocycles. The molecule has 7 heteroatoms. The summed E-state index contributed by atoms with van der Waals surface area (Å²) >= 11 is 5.52. The number of aryl methyl sites for hydroxylation is 1. The molecule has 0 bridgehead atoms. The molecule has 0 spiro atoms. The quantitative estimate of drug-likeness (QED) is 0.833. The van der Waals surface area contributed by atoms with Crippen molar-refractivity contribution in [2.45, 2.75) is 11.1 Å². The second kappa shape index (κ2) is 6.81. The van der Waals surface area contributed by atoms with Gasteiger partial charge >= 0.3 is 0 Å². The molecule has 0 atom stereocenters. The van der Waals surface area contributed by atoms with E-state index in [1.54, 1.807) is 23.3 Å². The van der Waals surface area contributed by atoms with E-state index in [1.165, 1.54) is 15.7 Å². The molecule has 0 unspecified atom stereocenters. The van der Waals surface area contributed by atoms with Gasteiger partial charge in [0.2, 0.25) is 5.91 Å². The summed E-state index contributed by atoms with van der Waals surface area (Å²) in [6.07, 6.45) is 0. The summed E-state index contributed by atoms with van der Waals surface area (Å²) in [7, 11) is 0. The molecule has 100 valence electrons. The van der Waals surface area contributed by atoms with Crippen molar-refractivity contribution in [3.05, 3.63) is 10.9 Å². The largest absolute Gasteiger partial charge is 0.324 e. The van der Waals surface area contributed by atoms with E-state index < -0.39 is 0 Å². The smallest absolute Gasteiger partial charge is 0.238 e. The predicted molar refractivity (Wildman–Crippen MR) is 81.5 cm³/mol. The van der Waals surface area contributed by atoms with Crippen LogP contribution in [-0.2, 0) is 4.79 Å². The molecule has 0 saturated carbocycles. The van der Waals surface area contributed by atoms with Crippen molar-refractivity contribution >= 4 is 46.6 Å². The molecular weight excluding hydrogens is 286 g/mol. The van der Waals surface area contributed by atoms with Crippen LogP contribution in [0.15, 0.2) is 10.3 Å². The topological polar surface area (TPSA) is 58.4 Å². The number of thioether (sulfide) groups is 1. The van der Waals surface area contributed by atoms with Gasteiger partial charge in [0, 0.05) is 29.5 Å². The molecule has 1 saturated heterocycles. The maximum absolute atomic E-state index is 11.3. The lowest BCUT2D eigenvalue weighted by Crippen LogP contribution is -2.26. The fourth-order valence-electron chi connectivity index (χ4n) is 1.59. The number of nitrogens with two attached hydrogens (primary N) is 1. The van der Waals surface area contributed by atoms with Crippen LogP contribution in [0.25, 0.3) is 0 Å². The van der Waals surface area contributed by atoms with E-state index in [4.69, 9.17) is 5.73 Å². The molecule has 2 rings (SSSR count). The fraction of sp³-hybridized carbons (Fsp3) is 0.545. The van der Waals surface area contributed by atoms with Gasteiger partial charge in [-0.25, -0.2) is 4.31 Å². The standard InChI is InChI=1S/C11H17N3OS3/c1-8-9(13-10(15)7-12)6-11(17-8)18-14-2-4-16-5-3-14/h6H,2-5,7,12H2,1H3,(H,13,15). The van der Waals surface area contributed by atoms with E-state index in [2.05, 4.69) is 9.62 Å². The van der Waals surface area contributed by atoms with Gasteiger partial charge in [-0.15, -0.1) is 11.3 Å². The van der Waals surface area contributed by atoms with Gasteiger partial charge < -0.3 is 11.1 Å². The van der Waals surface area contributed by atoms with Crippen LogP contribution in [0.1, 0.15) is 4.88 Å². The van der Waals surface area contributed by atoms with Gasteiger partial charge in [-0.1, -0.05) is 0 Å². The van der Waals surface area contributed by atoms with Crippen molar-refractivity contribution in [1.82, 2.24) is 4.31 Å². The highest BCUT2D eigenvalue weighted by Gasteiger charge is 2.14. The Hall–Kier alpha value is -0.210. The Morgan fingerprint density at radius 1 is 1.56 bits per heavy atom. The van der Waals surface area contributed by atoms with Gasteiger partial charge in [-0.05, 0) is 24.9 Å². The first kappa shape index (κ1) is 14.2. The Bertz CT molecular complexity index is 416. The molecule has 18 heavy (non-hydrogen) atoms. The minimum absolute atomic E-state index is 0.0289. The van der Waals surface area contributed by atoms with E-state index >= 15 is 0 Å². The maximum Gasteiger partial charge on any atom is 0.238 e. The van der Waals surface area contributed by atoms with Crippen LogP contribution in [0.3, 0.4) is 0 Å². The molecule has 3 N–H and O–H groups in total. The summed E-state index contributed by atoms with van der Waals surface area (Å²) in [5, 5.41) is 2.83.